The molecule has 0 amide bonds. The summed E-state index contributed by atoms with van der Waals surface area (Å²) in [5, 5.41) is 2.18. The van der Waals surface area contributed by atoms with Crippen LogP contribution in [0.25, 0.3) is 0 Å². The van der Waals surface area contributed by atoms with Gasteiger partial charge in [0.25, 0.3) is 0 Å². The first-order chi connectivity index (χ1) is 11.2. The van der Waals surface area contributed by atoms with Crippen molar-refractivity contribution in [3.63, 3.8) is 0 Å². The van der Waals surface area contributed by atoms with Gasteiger partial charge in [-0.1, -0.05) is 53.7 Å². The average molecular weight is 354 g/mol. The molecule has 1 heterocycles. The summed E-state index contributed by atoms with van der Waals surface area (Å²) in [6, 6.07) is 4.23. The van der Waals surface area contributed by atoms with Gasteiger partial charge < -0.3 is 5.32 Å². The molecule has 2 rings (SSSR count). The molecule has 136 valence electrons. The molecule has 0 spiro atoms. The Kier molecular flexibility index (Phi) is 6.10. The van der Waals surface area contributed by atoms with Gasteiger partial charge in [-0.2, -0.15) is 4.31 Å². The molecule has 0 aliphatic carbocycles. The minimum absolute atomic E-state index is 0.183. The molecule has 0 bridgehead atoms. The molecule has 1 fully saturated rings. The Morgan fingerprint density at radius 3 is 1.71 bits per heavy atom. The Hall–Kier alpha value is -0.910. The van der Waals surface area contributed by atoms with Gasteiger partial charge in [0.2, 0.25) is 10.0 Å². The van der Waals surface area contributed by atoms with Crippen LogP contribution < -0.4 is 5.32 Å². The molecule has 0 radical (unpaired) electrons. The van der Waals surface area contributed by atoms with Crippen molar-refractivity contribution in [2.75, 3.05) is 26.2 Å². The standard InChI is InChI=1S/C19H32N2O2S/c1-13(2)16-11-17(14(3)4)19(18(12-16)15(5)6)24(22,23)21-9-7-20-8-10-21/h11-15,20H,7-10H2,1-6H3/p+1. The Labute approximate surface area is 147 Å². The van der Waals surface area contributed by atoms with Crippen molar-refractivity contribution in [3.8, 4) is 0 Å². The Morgan fingerprint density at radius 1 is 0.875 bits per heavy atom. The number of quaternary nitrogens is 1. The fraction of sp³-hybridized carbons (Fsp3) is 0.684. The topological polar surface area (TPSA) is 54.0 Å². The van der Waals surface area contributed by atoms with Gasteiger partial charge in [0.1, 0.15) is 0 Å². The van der Waals surface area contributed by atoms with Crippen LogP contribution in [0.3, 0.4) is 0 Å². The zero-order valence-corrected chi connectivity index (χ0v) is 16.8. The van der Waals surface area contributed by atoms with E-state index in [2.05, 4.69) is 59.0 Å². The van der Waals surface area contributed by atoms with E-state index < -0.39 is 10.0 Å². The molecule has 1 aliphatic rings. The van der Waals surface area contributed by atoms with Crippen LogP contribution in [0, 0.1) is 0 Å². The Bertz CT molecular complexity index is 644. The summed E-state index contributed by atoms with van der Waals surface area (Å²) in [4.78, 5) is 0.568. The number of benzene rings is 1. The van der Waals surface area contributed by atoms with Gasteiger partial charge in [-0.15, -0.1) is 0 Å². The highest BCUT2D eigenvalue weighted by Gasteiger charge is 2.33. The largest absolute Gasteiger partial charge is 0.344 e. The molecule has 1 aliphatic heterocycles. The van der Waals surface area contributed by atoms with Gasteiger partial charge in [-0.25, -0.2) is 8.42 Å². The van der Waals surface area contributed by atoms with Crippen molar-refractivity contribution in [2.24, 2.45) is 0 Å². The number of piperazine rings is 1. The summed E-state index contributed by atoms with van der Waals surface area (Å²) < 4.78 is 28.5. The lowest BCUT2D eigenvalue weighted by Gasteiger charge is -2.29. The van der Waals surface area contributed by atoms with E-state index in [1.807, 2.05) is 0 Å². The third-order valence-electron chi connectivity index (χ3n) is 4.84. The van der Waals surface area contributed by atoms with Gasteiger partial charge in [0.15, 0.2) is 0 Å². The van der Waals surface area contributed by atoms with E-state index in [-0.39, 0.29) is 11.8 Å². The fourth-order valence-electron chi connectivity index (χ4n) is 3.28. The number of nitrogens with zero attached hydrogens (tertiary/aromatic N) is 1. The summed E-state index contributed by atoms with van der Waals surface area (Å²) in [6.07, 6.45) is 0. The lowest BCUT2D eigenvalue weighted by atomic mass is 9.89. The summed E-state index contributed by atoms with van der Waals surface area (Å²) in [7, 11) is -3.44. The quantitative estimate of drug-likeness (QED) is 0.885. The van der Waals surface area contributed by atoms with Gasteiger partial charge >= 0.3 is 0 Å². The molecule has 2 N–H and O–H groups in total. The molecule has 0 aromatic heterocycles. The van der Waals surface area contributed by atoms with E-state index in [1.54, 1.807) is 4.31 Å². The van der Waals surface area contributed by atoms with E-state index >= 15 is 0 Å². The molecule has 1 aromatic carbocycles. The van der Waals surface area contributed by atoms with Crippen molar-refractivity contribution in [2.45, 2.75) is 64.2 Å². The fourth-order valence-corrected chi connectivity index (χ4v) is 5.42. The van der Waals surface area contributed by atoms with Gasteiger partial charge in [0.05, 0.1) is 31.1 Å². The number of nitrogens with two attached hydrogens (primary N) is 1. The molecular formula is C19H33N2O2S+. The maximum atomic E-state index is 13.4. The number of rotatable bonds is 5. The molecule has 1 aromatic rings. The lowest BCUT2D eigenvalue weighted by molar-refractivity contribution is -0.661. The average Bonchev–Trinajstić information content (AvgIpc) is 2.54. The normalized spacial score (nSPS) is 17.2. The third-order valence-corrected chi connectivity index (χ3v) is 6.87. The van der Waals surface area contributed by atoms with E-state index in [0.717, 1.165) is 24.2 Å². The van der Waals surface area contributed by atoms with Crippen molar-refractivity contribution < 1.29 is 13.7 Å². The molecule has 0 saturated carbocycles. The van der Waals surface area contributed by atoms with Crippen LogP contribution in [0.4, 0.5) is 0 Å². The molecule has 5 heteroatoms. The van der Waals surface area contributed by atoms with Crippen LogP contribution in [0.1, 0.15) is 76.0 Å². The lowest BCUT2D eigenvalue weighted by Crippen LogP contribution is -2.89. The first-order valence-electron chi connectivity index (χ1n) is 9.15. The summed E-state index contributed by atoms with van der Waals surface area (Å²) >= 11 is 0. The minimum atomic E-state index is -3.44. The minimum Gasteiger partial charge on any atom is -0.344 e. The molecule has 0 unspecified atom stereocenters. The number of hydrogen-bond donors (Lipinski definition) is 1. The van der Waals surface area contributed by atoms with Gasteiger partial charge in [-0.3, -0.25) is 0 Å². The molecule has 0 atom stereocenters. The van der Waals surface area contributed by atoms with Crippen LogP contribution in [-0.4, -0.2) is 38.9 Å². The molecule has 4 nitrogen and oxygen atoms in total. The predicted molar refractivity (Wildman–Crippen MR) is 99.1 cm³/mol. The highest BCUT2D eigenvalue weighted by molar-refractivity contribution is 7.89. The monoisotopic (exact) mass is 353 g/mol. The van der Waals surface area contributed by atoms with Crippen molar-refractivity contribution >= 4 is 10.0 Å². The number of sulfonamides is 1. The van der Waals surface area contributed by atoms with Gasteiger partial charge in [-0.05, 0) is 34.4 Å². The van der Waals surface area contributed by atoms with E-state index in [1.165, 1.54) is 5.56 Å². The van der Waals surface area contributed by atoms with Crippen molar-refractivity contribution in [1.82, 2.24) is 4.31 Å². The second-order valence-corrected chi connectivity index (χ2v) is 9.64. The Morgan fingerprint density at radius 2 is 1.33 bits per heavy atom. The number of hydrogen-bond acceptors (Lipinski definition) is 2. The summed E-state index contributed by atoms with van der Waals surface area (Å²) in [5.41, 5.74) is 3.17. The third kappa shape index (κ3) is 3.84. The van der Waals surface area contributed by atoms with Crippen molar-refractivity contribution in [3.05, 3.63) is 28.8 Å². The first-order valence-corrected chi connectivity index (χ1v) is 10.6. The summed E-state index contributed by atoms with van der Waals surface area (Å²) in [5.74, 6) is 0.756. The second-order valence-electron chi connectivity index (χ2n) is 7.76. The Balaban J connectivity index is 2.70. The van der Waals surface area contributed by atoms with Crippen LogP contribution in [0.5, 0.6) is 0 Å². The SMILES string of the molecule is CC(C)c1cc(C(C)C)c(S(=O)(=O)N2CC[NH2+]CC2)c(C(C)C)c1. The highest BCUT2D eigenvalue weighted by atomic mass is 32.2. The van der Waals surface area contributed by atoms with Crippen LogP contribution in [0.15, 0.2) is 17.0 Å². The molecule has 1 saturated heterocycles. The second kappa shape index (κ2) is 7.54. The van der Waals surface area contributed by atoms with Crippen LogP contribution in [-0.2, 0) is 10.0 Å². The highest BCUT2D eigenvalue weighted by Crippen LogP contribution is 2.36. The maximum absolute atomic E-state index is 13.4. The predicted octanol–water partition coefficient (Wildman–Crippen LogP) is 2.62. The molecule has 24 heavy (non-hydrogen) atoms. The molecular weight excluding hydrogens is 320 g/mol. The van der Waals surface area contributed by atoms with Crippen LogP contribution >= 0.6 is 0 Å². The zero-order valence-electron chi connectivity index (χ0n) is 16.0. The first kappa shape index (κ1) is 19.4. The smallest absolute Gasteiger partial charge is 0.244 e. The van der Waals surface area contributed by atoms with E-state index in [9.17, 15) is 8.42 Å². The van der Waals surface area contributed by atoms with Gasteiger partial charge in [0, 0.05) is 0 Å². The summed E-state index contributed by atoms with van der Waals surface area (Å²) in [6.45, 7) is 15.6. The van der Waals surface area contributed by atoms with Crippen molar-refractivity contribution in [1.29, 1.82) is 0 Å². The zero-order chi connectivity index (χ0) is 18.1. The van der Waals surface area contributed by atoms with E-state index in [4.69, 9.17) is 0 Å². The van der Waals surface area contributed by atoms with E-state index in [0.29, 0.717) is 23.9 Å². The van der Waals surface area contributed by atoms with Crippen LogP contribution in [0.2, 0.25) is 0 Å². The maximum Gasteiger partial charge on any atom is 0.244 e.